The molecule has 1 saturated carbocycles. The summed E-state index contributed by atoms with van der Waals surface area (Å²) in [6, 6.07) is 4.94. The fourth-order valence-corrected chi connectivity index (χ4v) is 4.63. The van der Waals surface area contributed by atoms with Crippen LogP contribution in [-0.4, -0.2) is 42.1 Å². The van der Waals surface area contributed by atoms with Gasteiger partial charge < -0.3 is 15.5 Å². The fourth-order valence-electron chi connectivity index (χ4n) is 4.63. The molecule has 2 aromatic rings. The minimum absolute atomic E-state index is 0.131. The van der Waals surface area contributed by atoms with Crippen LogP contribution in [0.2, 0.25) is 0 Å². The van der Waals surface area contributed by atoms with E-state index < -0.39 is 0 Å². The highest BCUT2D eigenvalue weighted by atomic mass is 19.1. The van der Waals surface area contributed by atoms with Gasteiger partial charge in [-0.1, -0.05) is 0 Å². The lowest BCUT2D eigenvalue weighted by Crippen LogP contribution is -2.40. The van der Waals surface area contributed by atoms with Gasteiger partial charge in [-0.05, 0) is 82.1 Å². The largest absolute Gasteiger partial charge is 0.362 e. The number of carbonyl (C=O) groups excluding carboxylic acids is 1. The number of nitrogens with one attached hydrogen (secondary N) is 2. The molecule has 0 atom stereocenters. The van der Waals surface area contributed by atoms with Gasteiger partial charge in [0.25, 0.3) is 5.91 Å². The van der Waals surface area contributed by atoms with Crippen LogP contribution in [-0.2, 0) is 12.8 Å². The Hall–Kier alpha value is -2.70. The Morgan fingerprint density at radius 1 is 1.06 bits per heavy atom. The summed E-state index contributed by atoms with van der Waals surface area (Å²) < 4.78 is 13.5. The van der Waals surface area contributed by atoms with Crippen molar-refractivity contribution in [2.24, 2.45) is 0 Å². The van der Waals surface area contributed by atoms with E-state index in [4.69, 9.17) is 9.97 Å². The first kappa shape index (κ1) is 21.5. The predicted octanol–water partition coefficient (Wildman–Crippen LogP) is 4.02. The molecule has 31 heavy (non-hydrogen) atoms. The molecule has 0 spiro atoms. The van der Waals surface area contributed by atoms with Crippen molar-refractivity contribution in [2.45, 2.75) is 70.4 Å². The van der Waals surface area contributed by atoms with Crippen molar-refractivity contribution in [1.29, 1.82) is 0 Å². The van der Waals surface area contributed by atoms with Crippen LogP contribution in [0.5, 0.6) is 0 Å². The zero-order valence-electron chi connectivity index (χ0n) is 18.7. The Balaban J connectivity index is 1.34. The van der Waals surface area contributed by atoms with Crippen LogP contribution in [0.15, 0.2) is 18.2 Å². The van der Waals surface area contributed by atoms with Gasteiger partial charge in [-0.25, -0.2) is 9.37 Å². The normalized spacial score (nSPS) is 20.6. The molecule has 2 aliphatic carbocycles. The fraction of sp³-hybridized carbons (Fsp3) is 0.542. The topological polar surface area (TPSA) is 70.2 Å². The van der Waals surface area contributed by atoms with Gasteiger partial charge in [0.05, 0.1) is 5.69 Å². The molecule has 1 heterocycles. The second-order valence-electron chi connectivity index (χ2n) is 9.03. The lowest BCUT2D eigenvalue weighted by atomic mass is 9.91. The Labute approximate surface area is 183 Å². The number of carbonyl (C=O) groups is 1. The highest BCUT2D eigenvalue weighted by Gasteiger charge is 2.25. The van der Waals surface area contributed by atoms with Crippen LogP contribution in [0.1, 0.15) is 65.7 Å². The maximum Gasteiger partial charge on any atom is 0.251 e. The van der Waals surface area contributed by atoms with Crippen molar-refractivity contribution in [2.75, 3.05) is 24.3 Å². The van der Waals surface area contributed by atoms with Crippen molar-refractivity contribution in [3.05, 3.63) is 46.4 Å². The minimum Gasteiger partial charge on any atom is -0.362 e. The highest BCUT2D eigenvalue weighted by molar-refractivity contribution is 5.94. The van der Waals surface area contributed by atoms with E-state index >= 15 is 0 Å². The lowest BCUT2D eigenvalue weighted by Gasteiger charge is -2.30. The number of hydrogen-bond acceptors (Lipinski definition) is 5. The molecule has 0 radical (unpaired) electrons. The Morgan fingerprint density at radius 3 is 2.48 bits per heavy atom. The molecular weight excluding hydrogens is 393 g/mol. The molecule has 2 N–H and O–H groups in total. The number of nitrogens with zero attached hydrogens (tertiary/aromatic N) is 3. The average Bonchev–Trinajstić information content (AvgIpc) is 2.76. The molecular formula is C24H32FN5O. The number of aryl methyl sites for hydroxylation is 2. The van der Waals surface area contributed by atoms with E-state index in [1.54, 1.807) is 19.1 Å². The highest BCUT2D eigenvalue weighted by Crippen LogP contribution is 2.29. The molecule has 6 nitrogen and oxygen atoms in total. The molecule has 1 fully saturated rings. The quantitative estimate of drug-likeness (QED) is 0.757. The number of benzene rings is 1. The smallest absolute Gasteiger partial charge is 0.251 e. The summed E-state index contributed by atoms with van der Waals surface area (Å²) in [5.41, 5.74) is 3.48. The first-order valence-electron chi connectivity index (χ1n) is 11.3. The molecule has 1 amide bonds. The van der Waals surface area contributed by atoms with Gasteiger partial charge in [-0.3, -0.25) is 4.79 Å². The molecule has 7 heteroatoms. The molecule has 0 unspecified atom stereocenters. The van der Waals surface area contributed by atoms with Gasteiger partial charge in [0.1, 0.15) is 11.6 Å². The van der Waals surface area contributed by atoms with Crippen LogP contribution in [0.25, 0.3) is 0 Å². The number of hydrogen-bond donors (Lipinski definition) is 2. The molecule has 4 rings (SSSR count). The van der Waals surface area contributed by atoms with Crippen LogP contribution >= 0.6 is 0 Å². The van der Waals surface area contributed by atoms with E-state index in [9.17, 15) is 9.18 Å². The maximum absolute atomic E-state index is 13.5. The summed E-state index contributed by atoms with van der Waals surface area (Å²) in [4.78, 5) is 24.2. The van der Waals surface area contributed by atoms with Gasteiger partial charge in [0.2, 0.25) is 5.95 Å². The maximum atomic E-state index is 13.5. The van der Waals surface area contributed by atoms with Crippen molar-refractivity contribution >= 4 is 17.7 Å². The Morgan fingerprint density at radius 2 is 1.77 bits per heavy atom. The number of aromatic nitrogens is 2. The van der Waals surface area contributed by atoms with Crippen molar-refractivity contribution in [3.63, 3.8) is 0 Å². The molecule has 1 aromatic carbocycles. The third-order valence-corrected chi connectivity index (χ3v) is 6.40. The number of anilines is 2. The first-order valence-corrected chi connectivity index (χ1v) is 11.3. The van der Waals surface area contributed by atoms with Gasteiger partial charge in [-0.15, -0.1) is 0 Å². The summed E-state index contributed by atoms with van der Waals surface area (Å²) in [7, 11) is 4.08. The lowest BCUT2D eigenvalue weighted by molar-refractivity contribution is 0.0926. The number of rotatable bonds is 5. The Bertz CT molecular complexity index is 953. The molecule has 1 aromatic heterocycles. The van der Waals surface area contributed by atoms with E-state index in [-0.39, 0.29) is 17.8 Å². The third-order valence-electron chi connectivity index (χ3n) is 6.40. The van der Waals surface area contributed by atoms with E-state index in [0.717, 1.165) is 50.3 Å². The van der Waals surface area contributed by atoms with E-state index in [2.05, 4.69) is 15.5 Å². The van der Waals surface area contributed by atoms with Crippen LogP contribution in [0.3, 0.4) is 0 Å². The van der Waals surface area contributed by atoms with E-state index in [1.807, 2.05) is 14.1 Å². The second kappa shape index (κ2) is 9.20. The standard InChI is InChI=1S/C24H32FN5O/c1-15-14-16(8-13-20(15)25)23(31)26-17-9-11-18(12-10-17)27-24-28-21-7-5-4-6-19(21)22(29-24)30(2)3/h8,13-14,17-18H,4-7,9-12H2,1-3H3,(H,26,31)(H,27,28,29). The van der Waals surface area contributed by atoms with Crippen LogP contribution in [0.4, 0.5) is 16.2 Å². The second-order valence-corrected chi connectivity index (χ2v) is 9.03. The predicted molar refractivity (Wildman–Crippen MR) is 121 cm³/mol. The van der Waals surface area contributed by atoms with Crippen LogP contribution in [0, 0.1) is 12.7 Å². The molecule has 166 valence electrons. The first-order chi connectivity index (χ1) is 14.9. The molecule has 0 bridgehead atoms. The van der Waals surface area contributed by atoms with Gasteiger partial charge >= 0.3 is 0 Å². The number of halogens is 1. The van der Waals surface area contributed by atoms with Crippen molar-refractivity contribution < 1.29 is 9.18 Å². The van der Waals surface area contributed by atoms with E-state index in [1.165, 1.54) is 30.2 Å². The van der Waals surface area contributed by atoms with E-state index in [0.29, 0.717) is 17.2 Å². The minimum atomic E-state index is -0.287. The number of fused-ring (bicyclic) bond motifs is 1. The van der Waals surface area contributed by atoms with Crippen LogP contribution < -0.4 is 15.5 Å². The zero-order chi connectivity index (χ0) is 22.0. The molecule has 0 aliphatic heterocycles. The molecule has 2 aliphatic rings. The summed E-state index contributed by atoms with van der Waals surface area (Å²) in [5.74, 6) is 1.33. The summed E-state index contributed by atoms with van der Waals surface area (Å²) >= 11 is 0. The average molecular weight is 426 g/mol. The third kappa shape index (κ3) is 4.97. The SMILES string of the molecule is Cc1cc(C(=O)NC2CCC(Nc3nc4c(c(N(C)C)n3)CCCC4)CC2)ccc1F. The van der Waals surface area contributed by atoms with Crippen molar-refractivity contribution in [1.82, 2.24) is 15.3 Å². The monoisotopic (exact) mass is 425 g/mol. The summed E-state index contributed by atoms with van der Waals surface area (Å²) in [5, 5.41) is 6.65. The van der Waals surface area contributed by atoms with Gasteiger partial charge in [0.15, 0.2) is 0 Å². The van der Waals surface area contributed by atoms with Gasteiger partial charge in [0, 0.05) is 37.3 Å². The zero-order valence-corrected chi connectivity index (χ0v) is 18.7. The summed E-state index contributed by atoms with van der Waals surface area (Å²) in [6.45, 7) is 1.67. The van der Waals surface area contributed by atoms with Crippen molar-refractivity contribution in [3.8, 4) is 0 Å². The van der Waals surface area contributed by atoms with Gasteiger partial charge in [-0.2, -0.15) is 4.98 Å². The Kier molecular flexibility index (Phi) is 6.39. The number of amides is 1. The summed E-state index contributed by atoms with van der Waals surface area (Å²) in [6.07, 6.45) is 8.17. The molecule has 0 saturated heterocycles.